The number of carbonyl (C=O) groups is 1. The van der Waals surface area contributed by atoms with E-state index in [2.05, 4.69) is 63.9 Å². The van der Waals surface area contributed by atoms with Gasteiger partial charge in [0.05, 0.1) is 0 Å². The van der Waals surface area contributed by atoms with E-state index in [1.54, 1.807) is 0 Å². The van der Waals surface area contributed by atoms with Gasteiger partial charge in [-0.2, -0.15) is 0 Å². The average Bonchev–Trinajstić information content (AvgIpc) is 3.28. The third-order valence-electron chi connectivity index (χ3n) is 6.31. The number of nitrogens with zero attached hydrogens (tertiary/aromatic N) is 1. The summed E-state index contributed by atoms with van der Waals surface area (Å²) in [6.45, 7) is 0.505. The molecule has 1 aromatic heterocycles. The van der Waals surface area contributed by atoms with Crippen molar-refractivity contribution in [3.8, 4) is 0 Å². The molecule has 0 unspecified atom stereocenters. The number of carbonyl (C=O) groups excluding carboxylic acids is 1. The Balaban J connectivity index is 1.48. The van der Waals surface area contributed by atoms with Crippen molar-refractivity contribution in [3.05, 3.63) is 114 Å². The fourth-order valence-electron chi connectivity index (χ4n) is 4.51. The number of H-pyrrole nitrogens is 1. The molecule has 0 radical (unpaired) electrons. The molecule has 2 N–H and O–H groups in total. The minimum absolute atomic E-state index is 0.0243. The van der Waals surface area contributed by atoms with Crippen molar-refractivity contribution in [2.45, 2.75) is 5.92 Å². The Kier molecular flexibility index (Phi) is 5.57. The van der Waals surface area contributed by atoms with Crippen LogP contribution in [0, 0.1) is 0 Å². The Labute approximate surface area is 193 Å². The normalized spacial score (nSPS) is 12.1. The maximum atomic E-state index is 13.2. The van der Waals surface area contributed by atoms with Gasteiger partial charge >= 0.3 is 0 Å². The highest BCUT2D eigenvalue weighted by Crippen LogP contribution is 2.31. The van der Waals surface area contributed by atoms with E-state index in [1.165, 1.54) is 16.5 Å². The van der Waals surface area contributed by atoms with Crippen LogP contribution in [0.25, 0.3) is 21.7 Å². The summed E-state index contributed by atoms with van der Waals surface area (Å²) < 4.78 is 0. The summed E-state index contributed by atoms with van der Waals surface area (Å²) in [5.74, 6) is -0.0298. The molecule has 4 aromatic carbocycles. The largest absolute Gasteiger partial charge is 0.378 e. The molecule has 0 aliphatic rings. The van der Waals surface area contributed by atoms with Crippen LogP contribution in [0.3, 0.4) is 0 Å². The van der Waals surface area contributed by atoms with Crippen molar-refractivity contribution >= 4 is 33.3 Å². The van der Waals surface area contributed by atoms with Gasteiger partial charge in [-0.3, -0.25) is 4.79 Å². The molecule has 0 aliphatic heterocycles. The average molecular weight is 434 g/mol. The monoisotopic (exact) mass is 433 g/mol. The quantitative estimate of drug-likeness (QED) is 0.348. The number of amides is 1. The minimum Gasteiger partial charge on any atom is -0.378 e. The molecule has 0 aliphatic carbocycles. The Morgan fingerprint density at radius 3 is 2.33 bits per heavy atom. The predicted octanol–water partition coefficient (Wildman–Crippen LogP) is 5.95. The van der Waals surface area contributed by atoms with Crippen LogP contribution in [0.2, 0.25) is 0 Å². The van der Waals surface area contributed by atoms with E-state index in [0.717, 1.165) is 22.0 Å². The summed E-state index contributed by atoms with van der Waals surface area (Å²) in [6.07, 6.45) is 2.07. The first kappa shape index (κ1) is 20.8. The van der Waals surface area contributed by atoms with Crippen LogP contribution in [0.4, 0.5) is 5.69 Å². The number of fused-ring (bicyclic) bond motifs is 2. The third kappa shape index (κ3) is 4.08. The Morgan fingerprint density at radius 2 is 1.55 bits per heavy atom. The zero-order valence-electron chi connectivity index (χ0n) is 18.9. The van der Waals surface area contributed by atoms with E-state index in [1.807, 2.05) is 62.6 Å². The van der Waals surface area contributed by atoms with E-state index in [9.17, 15) is 4.79 Å². The molecule has 1 atom stereocenters. The van der Waals surface area contributed by atoms with Gasteiger partial charge in [0.1, 0.15) is 0 Å². The summed E-state index contributed by atoms with van der Waals surface area (Å²) in [5.41, 5.74) is 5.30. The zero-order valence-corrected chi connectivity index (χ0v) is 18.9. The number of anilines is 1. The lowest BCUT2D eigenvalue weighted by Gasteiger charge is -2.20. The summed E-state index contributed by atoms with van der Waals surface area (Å²) in [5, 5.41) is 6.43. The molecule has 0 bridgehead atoms. The second-order valence-corrected chi connectivity index (χ2v) is 8.56. The summed E-state index contributed by atoms with van der Waals surface area (Å²) in [6, 6.07) is 30.8. The second-order valence-electron chi connectivity index (χ2n) is 8.56. The van der Waals surface area contributed by atoms with Gasteiger partial charge in [-0.1, -0.05) is 66.7 Å². The number of aromatic amines is 1. The van der Waals surface area contributed by atoms with Crippen molar-refractivity contribution in [2.24, 2.45) is 0 Å². The fraction of sp³-hybridized carbons (Fsp3) is 0.138. The van der Waals surface area contributed by atoms with Crippen molar-refractivity contribution in [2.75, 3.05) is 25.5 Å². The van der Waals surface area contributed by atoms with Gasteiger partial charge in [-0.05, 0) is 46.2 Å². The van der Waals surface area contributed by atoms with E-state index in [-0.39, 0.29) is 11.8 Å². The van der Waals surface area contributed by atoms with Gasteiger partial charge in [-0.15, -0.1) is 0 Å². The number of hydrogen-bond donors (Lipinski definition) is 2. The van der Waals surface area contributed by atoms with Crippen molar-refractivity contribution in [1.82, 2.24) is 10.3 Å². The van der Waals surface area contributed by atoms with Gasteiger partial charge in [0.25, 0.3) is 5.91 Å². The van der Waals surface area contributed by atoms with E-state index >= 15 is 0 Å². The lowest BCUT2D eigenvalue weighted by Crippen LogP contribution is -2.29. The smallest absolute Gasteiger partial charge is 0.251 e. The Morgan fingerprint density at radius 1 is 0.848 bits per heavy atom. The van der Waals surface area contributed by atoms with Crippen LogP contribution in [-0.2, 0) is 0 Å². The molecular weight excluding hydrogens is 406 g/mol. The number of para-hydroxylation sites is 1. The molecule has 0 saturated heterocycles. The first-order chi connectivity index (χ1) is 16.1. The van der Waals surface area contributed by atoms with Crippen LogP contribution in [0.15, 0.2) is 97.2 Å². The molecular formula is C29H27N3O. The maximum Gasteiger partial charge on any atom is 0.251 e. The first-order valence-electron chi connectivity index (χ1n) is 11.2. The highest BCUT2D eigenvalue weighted by Gasteiger charge is 2.20. The number of aromatic nitrogens is 1. The highest BCUT2D eigenvalue weighted by molar-refractivity contribution is 6.07. The highest BCUT2D eigenvalue weighted by atomic mass is 16.1. The van der Waals surface area contributed by atoms with Gasteiger partial charge in [-0.25, -0.2) is 0 Å². The van der Waals surface area contributed by atoms with E-state index in [0.29, 0.717) is 12.1 Å². The molecule has 0 spiro atoms. The number of hydrogen-bond acceptors (Lipinski definition) is 2. The number of benzene rings is 4. The third-order valence-corrected chi connectivity index (χ3v) is 6.31. The van der Waals surface area contributed by atoms with Crippen LogP contribution in [0.5, 0.6) is 0 Å². The van der Waals surface area contributed by atoms with E-state index < -0.39 is 0 Å². The predicted molar refractivity (Wildman–Crippen MR) is 137 cm³/mol. The second kappa shape index (κ2) is 8.83. The lowest BCUT2D eigenvalue weighted by molar-refractivity contribution is 0.0954. The standard InChI is InChI=1S/C29H27N3O/c1-32(2)22-16-14-21(15-17-22)26(27-19-30-28-13-6-5-11-24(27)28)18-31-29(33)25-12-7-9-20-8-3-4-10-23(20)25/h3-17,19,26,30H,18H2,1-2H3,(H,31,33)/t26-/m1/s1. The molecule has 1 heterocycles. The van der Waals surface area contributed by atoms with Crippen LogP contribution in [-0.4, -0.2) is 31.5 Å². The van der Waals surface area contributed by atoms with Crippen LogP contribution < -0.4 is 10.2 Å². The molecule has 4 heteroatoms. The topological polar surface area (TPSA) is 48.1 Å². The van der Waals surface area contributed by atoms with Gasteiger partial charge in [0.15, 0.2) is 0 Å². The van der Waals surface area contributed by atoms with Crippen molar-refractivity contribution in [1.29, 1.82) is 0 Å². The number of rotatable bonds is 6. The van der Waals surface area contributed by atoms with Crippen molar-refractivity contribution < 1.29 is 4.79 Å². The van der Waals surface area contributed by atoms with Crippen LogP contribution >= 0.6 is 0 Å². The Hall–Kier alpha value is -4.05. The summed E-state index contributed by atoms with van der Waals surface area (Å²) in [4.78, 5) is 18.7. The number of nitrogens with one attached hydrogen (secondary N) is 2. The minimum atomic E-state index is -0.0541. The lowest BCUT2D eigenvalue weighted by atomic mass is 9.90. The van der Waals surface area contributed by atoms with Gasteiger partial charge < -0.3 is 15.2 Å². The molecule has 5 aromatic rings. The summed E-state index contributed by atoms with van der Waals surface area (Å²) >= 11 is 0. The SMILES string of the molecule is CN(C)c1ccc([C@@H](CNC(=O)c2cccc3ccccc23)c2c[nH]c3ccccc23)cc1. The molecule has 4 nitrogen and oxygen atoms in total. The molecule has 33 heavy (non-hydrogen) atoms. The summed E-state index contributed by atoms with van der Waals surface area (Å²) in [7, 11) is 4.08. The van der Waals surface area contributed by atoms with Crippen molar-refractivity contribution in [3.63, 3.8) is 0 Å². The van der Waals surface area contributed by atoms with E-state index in [4.69, 9.17) is 0 Å². The molecule has 1 amide bonds. The first-order valence-corrected chi connectivity index (χ1v) is 11.2. The molecule has 0 saturated carbocycles. The maximum absolute atomic E-state index is 13.2. The molecule has 164 valence electrons. The van der Waals surface area contributed by atoms with Crippen LogP contribution in [0.1, 0.15) is 27.4 Å². The molecule has 0 fully saturated rings. The fourth-order valence-corrected chi connectivity index (χ4v) is 4.51. The zero-order chi connectivity index (χ0) is 22.8. The Bertz CT molecular complexity index is 1410. The van der Waals surface area contributed by atoms with Gasteiger partial charge in [0, 0.05) is 54.9 Å². The molecule has 5 rings (SSSR count). The van der Waals surface area contributed by atoms with Gasteiger partial charge in [0.2, 0.25) is 0 Å².